The maximum Gasteiger partial charge on any atom is 0.157 e. The van der Waals surface area contributed by atoms with E-state index in [4.69, 9.17) is 11.6 Å². The number of aromatic nitrogens is 3. The molecule has 0 atom stereocenters. The van der Waals surface area contributed by atoms with E-state index < -0.39 is 0 Å². The van der Waals surface area contributed by atoms with Crippen LogP contribution in [0, 0.1) is 0 Å². The predicted molar refractivity (Wildman–Crippen MR) is 74.2 cm³/mol. The van der Waals surface area contributed by atoms with E-state index in [9.17, 15) is 0 Å². The molecule has 18 heavy (non-hydrogen) atoms. The average molecular weight is 260 g/mol. The summed E-state index contributed by atoms with van der Waals surface area (Å²) in [6.45, 7) is 6.41. The Morgan fingerprint density at radius 2 is 1.89 bits per heavy atom. The summed E-state index contributed by atoms with van der Waals surface area (Å²) in [7, 11) is 0. The largest absolute Gasteiger partial charge is 0.216 e. The van der Waals surface area contributed by atoms with Gasteiger partial charge in [-0.15, -0.1) is 0 Å². The summed E-state index contributed by atoms with van der Waals surface area (Å²) in [6.07, 6.45) is 0. The molecule has 0 aliphatic heterocycles. The van der Waals surface area contributed by atoms with Crippen molar-refractivity contribution in [2.24, 2.45) is 0 Å². The maximum atomic E-state index is 6.21. The van der Waals surface area contributed by atoms with Crippen LogP contribution in [0.2, 0.25) is 5.15 Å². The molecule has 2 heterocycles. The fraction of sp³-hybridized carbons (Fsp3) is 0.286. The Kier molecular flexibility index (Phi) is 2.35. The maximum absolute atomic E-state index is 6.21. The Balaban J connectivity index is 2.44. The van der Waals surface area contributed by atoms with E-state index >= 15 is 0 Å². The van der Waals surface area contributed by atoms with E-state index in [1.165, 1.54) is 0 Å². The van der Waals surface area contributed by atoms with Crippen molar-refractivity contribution in [3.05, 3.63) is 41.2 Å². The molecule has 3 rings (SSSR count). The molecular weight excluding hydrogens is 246 g/mol. The second-order valence-electron chi connectivity index (χ2n) is 5.47. The zero-order valence-electron chi connectivity index (χ0n) is 10.6. The standard InChI is InChI=1S/C14H14ClN3/c1-14(2,3)11-8-12-16-13(15)9-6-4-5-7-10(9)18(12)17-11/h4-8H,1-3H3. The van der Waals surface area contributed by atoms with E-state index in [-0.39, 0.29) is 5.41 Å². The third kappa shape index (κ3) is 1.66. The van der Waals surface area contributed by atoms with Gasteiger partial charge in [0.25, 0.3) is 0 Å². The third-order valence-electron chi connectivity index (χ3n) is 3.03. The van der Waals surface area contributed by atoms with Crippen LogP contribution >= 0.6 is 11.6 Å². The normalized spacial score (nSPS) is 12.4. The van der Waals surface area contributed by atoms with E-state index in [1.807, 2.05) is 34.8 Å². The second-order valence-corrected chi connectivity index (χ2v) is 5.83. The molecule has 92 valence electrons. The molecule has 1 aromatic carbocycles. The predicted octanol–water partition coefficient (Wildman–Crippen LogP) is 3.83. The zero-order chi connectivity index (χ0) is 12.9. The number of nitrogens with zero attached hydrogens (tertiary/aromatic N) is 3. The summed E-state index contributed by atoms with van der Waals surface area (Å²) in [4.78, 5) is 4.40. The molecule has 0 saturated carbocycles. The third-order valence-corrected chi connectivity index (χ3v) is 3.31. The molecule has 0 saturated heterocycles. The molecule has 0 fully saturated rings. The second kappa shape index (κ2) is 3.69. The van der Waals surface area contributed by atoms with Crippen LogP contribution in [-0.4, -0.2) is 14.6 Å². The van der Waals surface area contributed by atoms with Crippen molar-refractivity contribution in [3.8, 4) is 0 Å². The number of benzene rings is 1. The van der Waals surface area contributed by atoms with Gasteiger partial charge in [-0.25, -0.2) is 9.50 Å². The van der Waals surface area contributed by atoms with E-state index in [0.29, 0.717) is 5.15 Å². The van der Waals surface area contributed by atoms with Crippen molar-refractivity contribution in [1.82, 2.24) is 14.6 Å². The summed E-state index contributed by atoms with van der Waals surface area (Å²) >= 11 is 6.21. The van der Waals surface area contributed by atoms with Gasteiger partial charge in [0.2, 0.25) is 0 Å². The Morgan fingerprint density at radius 3 is 2.61 bits per heavy atom. The van der Waals surface area contributed by atoms with Crippen molar-refractivity contribution in [2.45, 2.75) is 26.2 Å². The van der Waals surface area contributed by atoms with Crippen molar-refractivity contribution >= 4 is 28.2 Å². The van der Waals surface area contributed by atoms with Crippen LogP contribution in [-0.2, 0) is 5.41 Å². The fourth-order valence-electron chi connectivity index (χ4n) is 1.99. The highest BCUT2D eigenvalue weighted by molar-refractivity contribution is 6.34. The van der Waals surface area contributed by atoms with Gasteiger partial charge in [-0.2, -0.15) is 5.10 Å². The lowest BCUT2D eigenvalue weighted by Crippen LogP contribution is -2.11. The first-order valence-electron chi connectivity index (χ1n) is 5.91. The lowest BCUT2D eigenvalue weighted by atomic mass is 9.93. The molecule has 2 aromatic heterocycles. The van der Waals surface area contributed by atoms with Crippen LogP contribution < -0.4 is 0 Å². The Morgan fingerprint density at radius 1 is 1.17 bits per heavy atom. The number of halogens is 1. The first kappa shape index (κ1) is 11.5. The summed E-state index contributed by atoms with van der Waals surface area (Å²) < 4.78 is 1.86. The molecule has 0 bridgehead atoms. The summed E-state index contributed by atoms with van der Waals surface area (Å²) in [5.41, 5.74) is 2.80. The lowest BCUT2D eigenvalue weighted by molar-refractivity contribution is 0.564. The number of hydrogen-bond acceptors (Lipinski definition) is 2. The highest BCUT2D eigenvalue weighted by Crippen LogP contribution is 2.26. The van der Waals surface area contributed by atoms with Gasteiger partial charge in [0, 0.05) is 16.9 Å². The Hall–Kier alpha value is -1.61. The van der Waals surface area contributed by atoms with Crippen LogP contribution in [0.1, 0.15) is 26.5 Å². The fourth-order valence-corrected chi connectivity index (χ4v) is 2.23. The van der Waals surface area contributed by atoms with Crippen LogP contribution in [0.5, 0.6) is 0 Å². The van der Waals surface area contributed by atoms with Crippen LogP contribution in [0.3, 0.4) is 0 Å². The summed E-state index contributed by atoms with van der Waals surface area (Å²) in [6, 6.07) is 9.91. The molecule has 0 aliphatic rings. The van der Waals surface area contributed by atoms with Crippen molar-refractivity contribution in [1.29, 1.82) is 0 Å². The van der Waals surface area contributed by atoms with Gasteiger partial charge in [-0.05, 0) is 12.1 Å². The molecule has 0 radical (unpaired) electrons. The van der Waals surface area contributed by atoms with E-state index in [1.54, 1.807) is 0 Å². The lowest BCUT2D eigenvalue weighted by Gasteiger charge is -2.13. The minimum Gasteiger partial charge on any atom is -0.216 e. The van der Waals surface area contributed by atoms with Gasteiger partial charge < -0.3 is 0 Å². The number of fused-ring (bicyclic) bond motifs is 3. The van der Waals surface area contributed by atoms with Crippen LogP contribution in [0.4, 0.5) is 0 Å². The highest BCUT2D eigenvalue weighted by atomic mass is 35.5. The van der Waals surface area contributed by atoms with Gasteiger partial charge in [0.05, 0.1) is 11.2 Å². The van der Waals surface area contributed by atoms with E-state index in [0.717, 1.165) is 22.2 Å². The molecule has 0 spiro atoms. The van der Waals surface area contributed by atoms with Crippen LogP contribution in [0.25, 0.3) is 16.6 Å². The molecule has 0 unspecified atom stereocenters. The molecule has 0 aliphatic carbocycles. The quantitative estimate of drug-likeness (QED) is 0.574. The van der Waals surface area contributed by atoms with Gasteiger partial charge >= 0.3 is 0 Å². The average Bonchev–Trinajstić information content (AvgIpc) is 2.73. The molecule has 3 aromatic rings. The number of rotatable bonds is 0. The monoisotopic (exact) mass is 259 g/mol. The molecule has 0 amide bonds. The minimum absolute atomic E-state index is 0.00127. The van der Waals surface area contributed by atoms with Gasteiger partial charge in [0.15, 0.2) is 5.65 Å². The van der Waals surface area contributed by atoms with Gasteiger partial charge in [0.1, 0.15) is 5.15 Å². The SMILES string of the molecule is CC(C)(C)c1cc2nc(Cl)c3ccccc3n2n1. The topological polar surface area (TPSA) is 30.2 Å². The minimum atomic E-state index is 0.00127. The molecular formula is C14H14ClN3. The summed E-state index contributed by atoms with van der Waals surface area (Å²) in [5.74, 6) is 0. The number of para-hydroxylation sites is 1. The van der Waals surface area contributed by atoms with Crippen molar-refractivity contribution in [3.63, 3.8) is 0 Å². The number of hydrogen-bond donors (Lipinski definition) is 0. The Bertz CT molecular complexity index is 738. The van der Waals surface area contributed by atoms with Crippen molar-refractivity contribution in [2.75, 3.05) is 0 Å². The molecule has 3 nitrogen and oxygen atoms in total. The first-order valence-corrected chi connectivity index (χ1v) is 6.29. The smallest absolute Gasteiger partial charge is 0.157 e. The van der Waals surface area contributed by atoms with Crippen molar-refractivity contribution < 1.29 is 0 Å². The van der Waals surface area contributed by atoms with Crippen LogP contribution in [0.15, 0.2) is 30.3 Å². The summed E-state index contributed by atoms with van der Waals surface area (Å²) in [5, 5.41) is 6.10. The Labute approximate surface area is 110 Å². The van der Waals surface area contributed by atoms with Gasteiger partial charge in [-0.1, -0.05) is 44.5 Å². The van der Waals surface area contributed by atoms with E-state index in [2.05, 4.69) is 30.9 Å². The molecule has 4 heteroatoms. The highest BCUT2D eigenvalue weighted by Gasteiger charge is 2.19. The zero-order valence-corrected chi connectivity index (χ0v) is 11.4. The van der Waals surface area contributed by atoms with Gasteiger partial charge in [-0.3, -0.25) is 0 Å². The molecule has 0 N–H and O–H groups in total. The first-order chi connectivity index (χ1) is 8.47.